The highest BCUT2D eigenvalue weighted by Gasteiger charge is 2.15. The molecule has 4 rings (SSSR count). The van der Waals surface area contributed by atoms with Crippen molar-refractivity contribution < 1.29 is 9.90 Å². The van der Waals surface area contributed by atoms with E-state index in [0.29, 0.717) is 16.9 Å². The van der Waals surface area contributed by atoms with Crippen LogP contribution in [0.2, 0.25) is 0 Å². The predicted octanol–water partition coefficient (Wildman–Crippen LogP) is 5.65. The number of rotatable bonds is 5. The number of benzene rings is 2. The molecule has 0 atom stereocenters. The quantitative estimate of drug-likeness (QED) is 0.464. The Bertz CT molecular complexity index is 1210. The van der Waals surface area contributed by atoms with E-state index in [-0.39, 0.29) is 5.56 Å². The Labute approximate surface area is 165 Å². The van der Waals surface area contributed by atoms with Gasteiger partial charge in [0.15, 0.2) is 0 Å². The predicted molar refractivity (Wildman–Crippen MR) is 115 cm³/mol. The molecular formula is C22H17N3O2S. The molecule has 0 aliphatic heterocycles. The van der Waals surface area contributed by atoms with Crippen molar-refractivity contribution >= 4 is 40.5 Å². The summed E-state index contributed by atoms with van der Waals surface area (Å²) in [4.78, 5) is 24.8. The van der Waals surface area contributed by atoms with Gasteiger partial charge in [0, 0.05) is 11.1 Å². The highest BCUT2D eigenvalue weighted by molar-refractivity contribution is 7.16. The number of aryl methyl sites for hydroxylation is 1. The summed E-state index contributed by atoms with van der Waals surface area (Å²) in [5.74, 6) is -0.353. The SMILES string of the molecule is C=Cc1nc(-c2ccc(-c3nc4c(C(=O)O)cc(C)cc4[nH]3)cc2)sc1C=C. The summed E-state index contributed by atoms with van der Waals surface area (Å²) < 4.78 is 0. The Balaban J connectivity index is 1.74. The molecule has 6 heteroatoms. The summed E-state index contributed by atoms with van der Waals surface area (Å²) in [7, 11) is 0. The van der Waals surface area contributed by atoms with Gasteiger partial charge >= 0.3 is 5.97 Å². The fourth-order valence-corrected chi connectivity index (χ4v) is 4.02. The molecule has 0 saturated carbocycles. The second-order valence-corrected chi connectivity index (χ2v) is 7.38. The van der Waals surface area contributed by atoms with Gasteiger partial charge in [0.05, 0.1) is 21.7 Å². The van der Waals surface area contributed by atoms with Crippen molar-refractivity contribution in [2.45, 2.75) is 6.92 Å². The van der Waals surface area contributed by atoms with Crippen LogP contribution in [0.25, 0.3) is 45.1 Å². The molecule has 2 heterocycles. The second kappa shape index (κ2) is 6.90. The van der Waals surface area contributed by atoms with Gasteiger partial charge in [-0.1, -0.05) is 37.4 Å². The Morgan fingerprint density at radius 1 is 1.11 bits per heavy atom. The molecule has 0 unspecified atom stereocenters. The zero-order valence-corrected chi connectivity index (χ0v) is 16.0. The van der Waals surface area contributed by atoms with Crippen molar-refractivity contribution in [1.29, 1.82) is 0 Å². The highest BCUT2D eigenvalue weighted by atomic mass is 32.1. The van der Waals surface area contributed by atoms with Gasteiger partial charge in [-0.25, -0.2) is 14.8 Å². The maximum atomic E-state index is 11.5. The normalized spacial score (nSPS) is 10.9. The number of aromatic carboxylic acids is 1. The number of hydrogen-bond donors (Lipinski definition) is 2. The lowest BCUT2D eigenvalue weighted by molar-refractivity contribution is 0.0698. The van der Waals surface area contributed by atoms with Crippen LogP contribution in [0.4, 0.5) is 0 Å². The Kier molecular flexibility index (Phi) is 4.41. The number of imidazole rings is 1. The monoisotopic (exact) mass is 387 g/mol. The smallest absolute Gasteiger partial charge is 0.337 e. The van der Waals surface area contributed by atoms with E-state index >= 15 is 0 Å². The number of hydrogen-bond acceptors (Lipinski definition) is 4. The number of carbonyl (C=O) groups is 1. The summed E-state index contributed by atoms with van der Waals surface area (Å²) in [6.07, 6.45) is 3.50. The molecular weight excluding hydrogens is 370 g/mol. The third-order valence-corrected chi connectivity index (χ3v) is 5.54. The van der Waals surface area contributed by atoms with Crippen molar-refractivity contribution in [3.05, 3.63) is 71.3 Å². The lowest BCUT2D eigenvalue weighted by Gasteiger charge is -1.99. The van der Waals surface area contributed by atoms with Gasteiger partial charge in [0.25, 0.3) is 0 Å². The molecule has 0 spiro atoms. The molecule has 2 N–H and O–H groups in total. The number of carboxylic acids is 1. The summed E-state index contributed by atoms with van der Waals surface area (Å²) in [5, 5.41) is 10.3. The first-order chi connectivity index (χ1) is 13.5. The van der Waals surface area contributed by atoms with E-state index in [1.165, 1.54) is 0 Å². The second-order valence-electron chi connectivity index (χ2n) is 6.35. The minimum atomic E-state index is -0.984. The molecule has 0 aliphatic rings. The zero-order chi connectivity index (χ0) is 19.8. The average Bonchev–Trinajstić information content (AvgIpc) is 3.31. The molecule has 28 heavy (non-hydrogen) atoms. The number of H-pyrrole nitrogens is 1. The Morgan fingerprint density at radius 3 is 2.43 bits per heavy atom. The van der Waals surface area contributed by atoms with Crippen LogP contribution in [0, 0.1) is 6.92 Å². The first-order valence-electron chi connectivity index (χ1n) is 8.60. The number of aromatic nitrogens is 3. The van der Waals surface area contributed by atoms with Crippen LogP contribution in [-0.2, 0) is 0 Å². The molecule has 4 aromatic rings. The first-order valence-corrected chi connectivity index (χ1v) is 9.42. The maximum absolute atomic E-state index is 11.5. The highest BCUT2D eigenvalue weighted by Crippen LogP contribution is 2.31. The van der Waals surface area contributed by atoms with Crippen LogP contribution in [-0.4, -0.2) is 26.0 Å². The third-order valence-electron chi connectivity index (χ3n) is 4.43. The van der Waals surface area contributed by atoms with Gasteiger partial charge in [-0.05, 0) is 36.8 Å². The minimum absolute atomic E-state index is 0.200. The lowest BCUT2D eigenvalue weighted by atomic mass is 10.1. The molecule has 138 valence electrons. The van der Waals surface area contributed by atoms with E-state index in [1.54, 1.807) is 29.6 Å². The van der Waals surface area contributed by atoms with E-state index in [2.05, 4.69) is 28.1 Å². The fraction of sp³-hybridized carbons (Fsp3) is 0.0455. The van der Waals surface area contributed by atoms with Crippen molar-refractivity contribution in [2.24, 2.45) is 0 Å². The minimum Gasteiger partial charge on any atom is -0.478 e. The van der Waals surface area contributed by atoms with Crippen molar-refractivity contribution in [3.63, 3.8) is 0 Å². The Hall–Kier alpha value is -3.51. The molecule has 0 radical (unpaired) electrons. The molecule has 2 aromatic heterocycles. The lowest BCUT2D eigenvalue weighted by Crippen LogP contribution is -1.98. The van der Waals surface area contributed by atoms with Gasteiger partial charge in [-0.3, -0.25) is 0 Å². The van der Waals surface area contributed by atoms with E-state index in [4.69, 9.17) is 0 Å². The summed E-state index contributed by atoms with van der Waals surface area (Å²) in [6.45, 7) is 9.47. The molecule has 0 fully saturated rings. The Morgan fingerprint density at radius 2 is 1.82 bits per heavy atom. The number of nitrogens with zero attached hydrogens (tertiary/aromatic N) is 2. The third kappa shape index (κ3) is 3.04. The van der Waals surface area contributed by atoms with Crippen molar-refractivity contribution in [1.82, 2.24) is 15.0 Å². The molecule has 0 saturated heterocycles. The van der Waals surface area contributed by atoms with E-state index in [9.17, 15) is 9.90 Å². The van der Waals surface area contributed by atoms with Crippen molar-refractivity contribution in [2.75, 3.05) is 0 Å². The molecule has 0 bridgehead atoms. The topological polar surface area (TPSA) is 78.9 Å². The number of carboxylic acid groups (broad SMARTS) is 1. The number of thiazole rings is 1. The standard InChI is InChI=1S/C22H17N3O2S/c1-4-16-18(5-2)28-21(24-16)14-8-6-13(7-9-14)20-23-17-11-12(3)10-15(22(26)27)19(17)25-20/h4-11H,1-2H2,3H3,(H,23,25)(H,26,27). The maximum Gasteiger partial charge on any atom is 0.337 e. The number of fused-ring (bicyclic) bond motifs is 1. The summed E-state index contributed by atoms with van der Waals surface area (Å²) in [5.41, 5.74) is 4.93. The van der Waals surface area contributed by atoms with Crippen LogP contribution in [0.5, 0.6) is 0 Å². The number of nitrogens with one attached hydrogen (secondary N) is 1. The largest absolute Gasteiger partial charge is 0.478 e. The van der Waals surface area contributed by atoms with E-state index in [1.807, 2.05) is 37.3 Å². The van der Waals surface area contributed by atoms with E-state index in [0.717, 1.165) is 32.3 Å². The van der Waals surface area contributed by atoms with E-state index < -0.39 is 5.97 Å². The molecule has 0 amide bonds. The number of aromatic amines is 1. The zero-order valence-electron chi connectivity index (χ0n) is 15.2. The fourth-order valence-electron chi connectivity index (χ4n) is 3.09. The van der Waals surface area contributed by atoms with Crippen LogP contribution >= 0.6 is 11.3 Å². The summed E-state index contributed by atoms with van der Waals surface area (Å²) >= 11 is 1.56. The van der Waals surface area contributed by atoms with Crippen LogP contribution in [0.15, 0.2) is 49.6 Å². The summed E-state index contributed by atoms with van der Waals surface area (Å²) in [6, 6.07) is 11.4. The van der Waals surface area contributed by atoms with Gasteiger partial charge in [0.1, 0.15) is 16.3 Å². The first kappa shape index (κ1) is 17.9. The van der Waals surface area contributed by atoms with Gasteiger partial charge < -0.3 is 10.1 Å². The van der Waals surface area contributed by atoms with Crippen LogP contribution < -0.4 is 0 Å². The molecule has 2 aromatic carbocycles. The van der Waals surface area contributed by atoms with Gasteiger partial charge in [0.2, 0.25) is 0 Å². The van der Waals surface area contributed by atoms with Crippen LogP contribution in [0.3, 0.4) is 0 Å². The molecule has 5 nitrogen and oxygen atoms in total. The van der Waals surface area contributed by atoms with Gasteiger partial charge in [-0.15, -0.1) is 11.3 Å². The van der Waals surface area contributed by atoms with Gasteiger partial charge in [-0.2, -0.15) is 0 Å². The van der Waals surface area contributed by atoms with Crippen molar-refractivity contribution in [3.8, 4) is 22.0 Å². The average molecular weight is 387 g/mol. The molecule has 0 aliphatic carbocycles. The van der Waals surface area contributed by atoms with Crippen LogP contribution in [0.1, 0.15) is 26.5 Å².